The van der Waals surface area contributed by atoms with Crippen molar-refractivity contribution in [2.45, 2.75) is 77.4 Å². The number of rotatable bonds is 4. The lowest BCUT2D eigenvalue weighted by Gasteiger charge is -2.29. The fourth-order valence-corrected chi connectivity index (χ4v) is 4.11. The molecular formula is C20H28O2. The molecule has 2 heteroatoms. The van der Waals surface area contributed by atoms with Crippen molar-refractivity contribution >= 4 is 5.78 Å². The van der Waals surface area contributed by atoms with Gasteiger partial charge in [0, 0.05) is 11.5 Å². The number of hydrogen-bond acceptors (Lipinski definition) is 2. The van der Waals surface area contributed by atoms with Crippen LogP contribution in [0.15, 0.2) is 18.2 Å². The van der Waals surface area contributed by atoms with E-state index < -0.39 is 0 Å². The third-order valence-electron chi connectivity index (χ3n) is 5.28. The Morgan fingerprint density at radius 2 is 1.50 bits per heavy atom. The van der Waals surface area contributed by atoms with Crippen molar-refractivity contribution < 1.29 is 9.53 Å². The number of carbonyl (C=O) groups is 1. The van der Waals surface area contributed by atoms with Gasteiger partial charge in [0.25, 0.3) is 0 Å². The van der Waals surface area contributed by atoms with Gasteiger partial charge in [0.15, 0.2) is 5.78 Å². The Labute approximate surface area is 134 Å². The van der Waals surface area contributed by atoms with Gasteiger partial charge < -0.3 is 4.74 Å². The van der Waals surface area contributed by atoms with E-state index in [4.69, 9.17) is 4.74 Å². The second-order valence-electron chi connectivity index (χ2n) is 7.61. The Bertz CT molecular complexity index is 521. The fourth-order valence-electron chi connectivity index (χ4n) is 4.11. The van der Waals surface area contributed by atoms with Crippen LogP contribution < -0.4 is 0 Å². The highest BCUT2D eigenvalue weighted by molar-refractivity contribution is 6.01. The zero-order chi connectivity index (χ0) is 15.9. The minimum Gasteiger partial charge on any atom is -0.375 e. The molecular weight excluding hydrogens is 272 g/mol. The van der Waals surface area contributed by atoms with Crippen LogP contribution in [0.3, 0.4) is 0 Å². The standard InChI is InChI=1S/C20H28O2/c1-12(2)17-6-5-7-18(13(3)4)19(17)20(21)14-10-15-8-9-16(11-14)22-15/h5-7,12-16H,8-11H2,1-4H3. The molecule has 2 heterocycles. The van der Waals surface area contributed by atoms with Gasteiger partial charge in [-0.05, 0) is 48.6 Å². The summed E-state index contributed by atoms with van der Waals surface area (Å²) >= 11 is 0. The highest BCUT2D eigenvalue weighted by atomic mass is 16.5. The molecule has 1 aromatic rings. The van der Waals surface area contributed by atoms with Gasteiger partial charge in [-0.1, -0.05) is 45.9 Å². The summed E-state index contributed by atoms with van der Waals surface area (Å²) in [5.74, 6) is 1.29. The van der Waals surface area contributed by atoms with Crippen LogP contribution in [-0.4, -0.2) is 18.0 Å². The first-order chi connectivity index (χ1) is 10.5. The number of fused-ring (bicyclic) bond motifs is 2. The normalized spacial score (nSPS) is 27.6. The number of ketones is 1. The van der Waals surface area contributed by atoms with Gasteiger partial charge >= 0.3 is 0 Å². The predicted octanol–water partition coefficient (Wildman–Crippen LogP) is 5.07. The van der Waals surface area contributed by atoms with Crippen molar-refractivity contribution in [2.24, 2.45) is 5.92 Å². The maximum Gasteiger partial charge on any atom is 0.166 e. The number of benzene rings is 1. The minimum absolute atomic E-state index is 0.156. The molecule has 0 N–H and O–H groups in total. The summed E-state index contributed by atoms with van der Waals surface area (Å²) in [6.45, 7) is 8.74. The van der Waals surface area contributed by atoms with Crippen LogP contribution in [0.4, 0.5) is 0 Å². The third-order valence-corrected chi connectivity index (χ3v) is 5.28. The summed E-state index contributed by atoms with van der Waals surface area (Å²) in [7, 11) is 0. The number of Topliss-reactive ketones (excluding diaryl/α,β-unsaturated/α-hetero) is 1. The van der Waals surface area contributed by atoms with Gasteiger partial charge in [-0.25, -0.2) is 0 Å². The van der Waals surface area contributed by atoms with E-state index >= 15 is 0 Å². The Kier molecular flexibility index (Phi) is 4.40. The molecule has 2 aliphatic rings. The largest absolute Gasteiger partial charge is 0.375 e. The van der Waals surface area contributed by atoms with Crippen LogP contribution in [0.1, 0.15) is 86.7 Å². The summed E-state index contributed by atoms with van der Waals surface area (Å²) in [4.78, 5) is 13.3. The van der Waals surface area contributed by atoms with Gasteiger partial charge in [0.05, 0.1) is 12.2 Å². The number of ether oxygens (including phenoxy) is 1. The molecule has 2 aliphatic heterocycles. The van der Waals surface area contributed by atoms with Crippen LogP contribution in [0.25, 0.3) is 0 Å². The van der Waals surface area contributed by atoms with E-state index in [-0.39, 0.29) is 5.92 Å². The minimum atomic E-state index is 0.156. The van der Waals surface area contributed by atoms with Gasteiger partial charge in [-0.3, -0.25) is 4.79 Å². The Morgan fingerprint density at radius 1 is 1.00 bits per heavy atom. The van der Waals surface area contributed by atoms with E-state index in [2.05, 4.69) is 45.9 Å². The van der Waals surface area contributed by atoms with Gasteiger partial charge in [-0.2, -0.15) is 0 Å². The van der Waals surface area contributed by atoms with Gasteiger partial charge in [-0.15, -0.1) is 0 Å². The summed E-state index contributed by atoms with van der Waals surface area (Å²) in [6.07, 6.45) is 4.75. The third kappa shape index (κ3) is 2.86. The van der Waals surface area contributed by atoms with E-state index in [1.807, 2.05) is 0 Å². The van der Waals surface area contributed by atoms with Gasteiger partial charge in [0.2, 0.25) is 0 Å². The second-order valence-corrected chi connectivity index (χ2v) is 7.61. The van der Waals surface area contributed by atoms with Crippen molar-refractivity contribution in [3.63, 3.8) is 0 Å². The highest BCUT2D eigenvalue weighted by Gasteiger charge is 2.39. The van der Waals surface area contributed by atoms with Crippen LogP contribution in [0.5, 0.6) is 0 Å². The van der Waals surface area contributed by atoms with E-state index in [0.717, 1.165) is 31.2 Å². The summed E-state index contributed by atoms with van der Waals surface area (Å²) in [6, 6.07) is 6.38. The topological polar surface area (TPSA) is 26.3 Å². The zero-order valence-electron chi connectivity index (χ0n) is 14.3. The molecule has 0 radical (unpaired) electrons. The first-order valence-electron chi connectivity index (χ1n) is 8.79. The SMILES string of the molecule is CC(C)c1cccc(C(C)C)c1C(=O)C1CC2CCC(C1)O2. The zero-order valence-corrected chi connectivity index (χ0v) is 14.3. The molecule has 2 fully saturated rings. The monoisotopic (exact) mass is 300 g/mol. The molecule has 120 valence electrons. The molecule has 2 nitrogen and oxygen atoms in total. The van der Waals surface area contributed by atoms with Crippen LogP contribution in [0, 0.1) is 5.92 Å². The molecule has 0 aromatic heterocycles. The van der Waals surface area contributed by atoms with Crippen molar-refractivity contribution in [2.75, 3.05) is 0 Å². The van der Waals surface area contributed by atoms with Crippen molar-refractivity contribution in [3.05, 3.63) is 34.9 Å². The fraction of sp³-hybridized carbons (Fsp3) is 0.650. The molecule has 0 spiro atoms. The summed E-state index contributed by atoms with van der Waals surface area (Å²) in [5, 5.41) is 0. The van der Waals surface area contributed by atoms with Crippen molar-refractivity contribution in [3.8, 4) is 0 Å². The Balaban J connectivity index is 1.97. The molecule has 2 saturated heterocycles. The Morgan fingerprint density at radius 3 is 1.95 bits per heavy atom. The molecule has 0 aliphatic carbocycles. The molecule has 0 amide bonds. The molecule has 22 heavy (non-hydrogen) atoms. The molecule has 2 bridgehead atoms. The smallest absolute Gasteiger partial charge is 0.166 e. The molecule has 3 rings (SSSR count). The van der Waals surface area contributed by atoms with Crippen LogP contribution >= 0.6 is 0 Å². The highest BCUT2D eigenvalue weighted by Crippen LogP contribution is 2.39. The average Bonchev–Trinajstić information content (AvgIpc) is 2.83. The van der Waals surface area contributed by atoms with Crippen LogP contribution in [-0.2, 0) is 4.74 Å². The van der Waals surface area contributed by atoms with E-state index in [9.17, 15) is 4.79 Å². The molecule has 1 aromatic carbocycles. The molecule has 2 atom stereocenters. The molecule has 2 unspecified atom stereocenters. The first-order valence-corrected chi connectivity index (χ1v) is 8.79. The van der Waals surface area contributed by atoms with Crippen molar-refractivity contribution in [1.82, 2.24) is 0 Å². The first kappa shape index (κ1) is 15.7. The van der Waals surface area contributed by atoms with E-state index in [0.29, 0.717) is 29.8 Å². The molecule has 0 saturated carbocycles. The Hall–Kier alpha value is -1.15. The number of hydrogen-bond donors (Lipinski definition) is 0. The summed E-state index contributed by atoms with van der Waals surface area (Å²) in [5.41, 5.74) is 3.45. The van der Waals surface area contributed by atoms with Crippen molar-refractivity contribution in [1.29, 1.82) is 0 Å². The lowest BCUT2D eigenvalue weighted by molar-refractivity contribution is -0.0149. The average molecular weight is 300 g/mol. The maximum absolute atomic E-state index is 13.3. The maximum atomic E-state index is 13.3. The predicted molar refractivity (Wildman–Crippen MR) is 89.6 cm³/mol. The van der Waals surface area contributed by atoms with Crippen LogP contribution in [0.2, 0.25) is 0 Å². The van der Waals surface area contributed by atoms with E-state index in [1.165, 1.54) is 11.1 Å². The quantitative estimate of drug-likeness (QED) is 0.725. The lowest BCUT2D eigenvalue weighted by atomic mass is 9.80. The number of carbonyl (C=O) groups excluding carboxylic acids is 1. The van der Waals surface area contributed by atoms with Gasteiger partial charge in [0.1, 0.15) is 0 Å². The second kappa shape index (κ2) is 6.16. The summed E-state index contributed by atoms with van der Waals surface area (Å²) < 4.78 is 5.92. The van der Waals surface area contributed by atoms with E-state index in [1.54, 1.807) is 0 Å². The lowest BCUT2D eigenvalue weighted by Crippen LogP contribution is -2.31.